The molecule has 0 bridgehead atoms. The van der Waals surface area contributed by atoms with Crippen molar-refractivity contribution in [3.63, 3.8) is 0 Å². The molecule has 0 aliphatic carbocycles. The Bertz CT molecular complexity index is 584. The molecule has 0 amide bonds. The predicted molar refractivity (Wildman–Crippen MR) is 80.1 cm³/mol. The van der Waals surface area contributed by atoms with Crippen LogP contribution in [0.4, 0.5) is 0 Å². The van der Waals surface area contributed by atoms with Crippen molar-refractivity contribution in [2.75, 3.05) is 6.54 Å². The van der Waals surface area contributed by atoms with E-state index in [1.165, 1.54) is 29.2 Å². The van der Waals surface area contributed by atoms with Gasteiger partial charge in [0, 0.05) is 23.3 Å². The molecule has 0 saturated carbocycles. The molecule has 100 valence electrons. The van der Waals surface area contributed by atoms with Gasteiger partial charge in [0.15, 0.2) is 0 Å². The highest BCUT2D eigenvalue weighted by molar-refractivity contribution is 5.85. The zero-order valence-electron chi connectivity index (χ0n) is 12.0. The molecule has 2 heterocycles. The third-order valence-corrected chi connectivity index (χ3v) is 4.58. The summed E-state index contributed by atoms with van der Waals surface area (Å²) >= 11 is 0. The highest BCUT2D eigenvalue weighted by Gasteiger charge is 2.45. The van der Waals surface area contributed by atoms with Gasteiger partial charge in [0.2, 0.25) is 0 Å². The van der Waals surface area contributed by atoms with Crippen LogP contribution in [0.2, 0.25) is 0 Å². The van der Waals surface area contributed by atoms with Crippen LogP contribution in [0.15, 0.2) is 36.7 Å². The number of hydrogen-bond acceptors (Lipinski definition) is 2. The number of pyridine rings is 1. The second-order valence-electron chi connectivity index (χ2n) is 6.59. The number of aromatic nitrogens is 1. The molecule has 1 aliphatic rings. The average molecular weight is 254 g/mol. The molecule has 0 spiro atoms. The maximum absolute atomic E-state index is 4.33. The van der Waals surface area contributed by atoms with Crippen LogP contribution in [-0.2, 0) is 5.54 Å². The third kappa shape index (κ3) is 1.86. The summed E-state index contributed by atoms with van der Waals surface area (Å²) in [5.41, 5.74) is 1.66. The average Bonchev–Trinajstić information content (AvgIpc) is 2.88. The molecule has 19 heavy (non-hydrogen) atoms. The first kappa shape index (κ1) is 12.6. The van der Waals surface area contributed by atoms with Gasteiger partial charge < -0.3 is 5.32 Å². The summed E-state index contributed by atoms with van der Waals surface area (Å²) in [5.74, 6) is 0. The Morgan fingerprint density at radius 1 is 1.21 bits per heavy atom. The Hall–Kier alpha value is -1.41. The monoisotopic (exact) mass is 254 g/mol. The van der Waals surface area contributed by atoms with E-state index in [1.807, 2.05) is 12.4 Å². The second-order valence-corrected chi connectivity index (χ2v) is 6.59. The van der Waals surface area contributed by atoms with Crippen LogP contribution >= 0.6 is 0 Å². The maximum Gasteiger partial charge on any atom is 0.0490 e. The Morgan fingerprint density at radius 3 is 2.74 bits per heavy atom. The van der Waals surface area contributed by atoms with Crippen molar-refractivity contribution in [2.24, 2.45) is 5.41 Å². The van der Waals surface area contributed by atoms with Gasteiger partial charge in [-0.1, -0.05) is 39.0 Å². The van der Waals surface area contributed by atoms with E-state index in [9.17, 15) is 0 Å². The first-order valence-corrected chi connectivity index (χ1v) is 7.13. The van der Waals surface area contributed by atoms with Crippen LogP contribution in [0, 0.1) is 5.41 Å². The fraction of sp³-hybridized carbons (Fsp3) is 0.471. The van der Waals surface area contributed by atoms with Gasteiger partial charge in [0.25, 0.3) is 0 Å². The minimum absolute atomic E-state index is 0.0650. The van der Waals surface area contributed by atoms with Crippen LogP contribution < -0.4 is 5.32 Å². The molecular weight excluding hydrogens is 232 g/mol. The Morgan fingerprint density at radius 2 is 2.05 bits per heavy atom. The normalized spacial score (nSPS) is 23.9. The largest absolute Gasteiger partial charge is 0.307 e. The summed E-state index contributed by atoms with van der Waals surface area (Å²) in [6.45, 7) is 8.11. The van der Waals surface area contributed by atoms with Crippen LogP contribution in [0.3, 0.4) is 0 Å². The van der Waals surface area contributed by atoms with E-state index < -0.39 is 0 Å². The third-order valence-electron chi connectivity index (χ3n) is 4.58. The van der Waals surface area contributed by atoms with Gasteiger partial charge in [0.05, 0.1) is 0 Å². The summed E-state index contributed by atoms with van der Waals surface area (Å²) in [6.07, 6.45) is 6.33. The standard InChI is InChI=1S/C17H22N2/c1-16(2,3)17(9-5-10-19-17)15-7-4-6-13-8-11-18-12-14(13)15/h4,6-8,11-12,19H,5,9-10H2,1-3H3. The van der Waals surface area contributed by atoms with Gasteiger partial charge in [-0.25, -0.2) is 0 Å². The minimum Gasteiger partial charge on any atom is -0.307 e. The second kappa shape index (κ2) is 4.31. The highest BCUT2D eigenvalue weighted by Crippen LogP contribution is 2.47. The van der Waals surface area contributed by atoms with Crippen molar-refractivity contribution in [3.05, 3.63) is 42.2 Å². The van der Waals surface area contributed by atoms with E-state index in [4.69, 9.17) is 0 Å². The van der Waals surface area contributed by atoms with Gasteiger partial charge in [-0.2, -0.15) is 0 Å². The highest BCUT2D eigenvalue weighted by atomic mass is 15.0. The van der Waals surface area contributed by atoms with Crippen molar-refractivity contribution in [1.29, 1.82) is 0 Å². The van der Waals surface area contributed by atoms with Crippen molar-refractivity contribution < 1.29 is 0 Å². The zero-order valence-corrected chi connectivity index (χ0v) is 12.0. The Balaban J connectivity index is 2.27. The molecule has 1 aliphatic heterocycles. The Kier molecular flexibility index (Phi) is 2.86. The molecule has 2 heteroatoms. The first-order chi connectivity index (χ1) is 9.05. The zero-order chi connectivity index (χ0) is 13.5. The van der Waals surface area contributed by atoms with E-state index in [0.717, 1.165) is 6.54 Å². The summed E-state index contributed by atoms with van der Waals surface area (Å²) in [7, 11) is 0. The van der Waals surface area contributed by atoms with Crippen molar-refractivity contribution in [2.45, 2.75) is 39.2 Å². The molecule has 2 aromatic rings. The van der Waals surface area contributed by atoms with Gasteiger partial charge in [-0.05, 0) is 41.8 Å². The number of nitrogens with zero attached hydrogens (tertiary/aromatic N) is 1. The molecule has 1 saturated heterocycles. The Labute approximate surface area is 115 Å². The lowest BCUT2D eigenvalue weighted by Gasteiger charge is -2.43. The fourth-order valence-electron chi connectivity index (χ4n) is 3.50. The van der Waals surface area contributed by atoms with Gasteiger partial charge in [-0.3, -0.25) is 4.98 Å². The molecule has 1 unspecified atom stereocenters. The van der Waals surface area contributed by atoms with Crippen LogP contribution in [-0.4, -0.2) is 11.5 Å². The lowest BCUT2D eigenvalue weighted by Crippen LogP contribution is -2.48. The first-order valence-electron chi connectivity index (χ1n) is 7.13. The van der Waals surface area contributed by atoms with Crippen LogP contribution in [0.1, 0.15) is 39.2 Å². The van der Waals surface area contributed by atoms with E-state index in [2.05, 4.69) is 55.3 Å². The maximum atomic E-state index is 4.33. The van der Waals surface area contributed by atoms with Crippen molar-refractivity contribution in [1.82, 2.24) is 10.3 Å². The lowest BCUT2D eigenvalue weighted by atomic mass is 9.67. The predicted octanol–water partition coefficient (Wildman–Crippen LogP) is 3.86. The molecule has 1 aromatic heterocycles. The summed E-state index contributed by atoms with van der Waals surface area (Å²) in [4.78, 5) is 4.33. The van der Waals surface area contributed by atoms with Gasteiger partial charge >= 0.3 is 0 Å². The fourth-order valence-corrected chi connectivity index (χ4v) is 3.50. The summed E-state index contributed by atoms with van der Waals surface area (Å²) in [6, 6.07) is 8.72. The number of nitrogens with one attached hydrogen (secondary N) is 1. The number of hydrogen-bond donors (Lipinski definition) is 1. The summed E-state index contributed by atoms with van der Waals surface area (Å²) in [5, 5.41) is 6.36. The molecule has 1 aromatic carbocycles. The number of fused-ring (bicyclic) bond motifs is 1. The SMILES string of the molecule is CC(C)(C)C1(c2cccc3ccncc23)CCCN1. The molecular formula is C17H22N2. The smallest absolute Gasteiger partial charge is 0.0490 e. The van der Waals surface area contributed by atoms with E-state index in [0.29, 0.717) is 0 Å². The van der Waals surface area contributed by atoms with E-state index in [1.54, 1.807) is 0 Å². The van der Waals surface area contributed by atoms with E-state index in [-0.39, 0.29) is 11.0 Å². The number of rotatable bonds is 1. The lowest BCUT2D eigenvalue weighted by molar-refractivity contribution is 0.162. The van der Waals surface area contributed by atoms with Gasteiger partial charge in [-0.15, -0.1) is 0 Å². The molecule has 2 nitrogen and oxygen atoms in total. The minimum atomic E-state index is 0.0650. The topological polar surface area (TPSA) is 24.9 Å². The molecule has 1 fully saturated rings. The quantitative estimate of drug-likeness (QED) is 0.836. The molecule has 3 rings (SSSR count). The summed E-state index contributed by atoms with van der Waals surface area (Å²) < 4.78 is 0. The van der Waals surface area contributed by atoms with Crippen LogP contribution in [0.5, 0.6) is 0 Å². The number of benzene rings is 1. The van der Waals surface area contributed by atoms with Gasteiger partial charge in [0.1, 0.15) is 0 Å². The molecule has 0 radical (unpaired) electrons. The molecule has 1 atom stereocenters. The van der Waals surface area contributed by atoms with Crippen molar-refractivity contribution >= 4 is 10.8 Å². The molecule has 1 N–H and O–H groups in total. The van der Waals surface area contributed by atoms with Crippen LogP contribution in [0.25, 0.3) is 10.8 Å². The van der Waals surface area contributed by atoms with E-state index >= 15 is 0 Å². The van der Waals surface area contributed by atoms with Crippen molar-refractivity contribution in [3.8, 4) is 0 Å².